The predicted molar refractivity (Wildman–Crippen MR) is 81.5 cm³/mol. The van der Waals surface area contributed by atoms with Gasteiger partial charge in [0.2, 0.25) is 16.0 Å². The summed E-state index contributed by atoms with van der Waals surface area (Å²) in [5.41, 5.74) is 0. The molecule has 0 aliphatic carbocycles. The van der Waals surface area contributed by atoms with Gasteiger partial charge in [0, 0.05) is 12.6 Å². The molecule has 2 heterocycles. The summed E-state index contributed by atoms with van der Waals surface area (Å²) in [7, 11) is -3.51. The monoisotopic (exact) mass is 316 g/mol. The number of thioether (sulfide) groups is 1. The molecule has 0 amide bonds. The van der Waals surface area contributed by atoms with Crippen molar-refractivity contribution in [1.29, 1.82) is 0 Å². The molecule has 0 bridgehead atoms. The van der Waals surface area contributed by atoms with Crippen LogP contribution in [0, 0.1) is 0 Å². The lowest BCUT2D eigenvalue weighted by molar-refractivity contribution is 0.528. The van der Waals surface area contributed by atoms with E-state index in [1.165, 1.54) is 12.4 Å². The van der Waals surface area contributed by atoms with Gasteiger partial charge in [0.25, 0.3) is 0 Å². The highest BCUT2D eigenvalue weighted by atomic mass is 32.2. The van der Waals surface area contributed by atoms with Crippen LogP contribution in [0.3, 0.4) is 0 Å². The van der Waals surface area contributed by atoms with Gasteiger partial charge in [-0.15, -0.1) is 0 Å². The van der Waals surface area contributed by atoms with Gasteiger partial charge >= 0.3 is 0 Å². The second kappa shape index (κ2) is 7.24. The van der Waals surface area contributed by atoms with E-state index in [1.54, 1.807) is 0 Å². The van der Waals surface area contributed by atoms with E-state index in [0.717, 1.165) is 37.3 Å². The average molecular weight is 316 g/mol. The van der Waals surface area contributed by atoms with Crippen molar-refractivity contribution in [2.75, 3.05) is 23.4 Å². The van der Waals surface area contributed by atoms with Crippen LogP contribution in [-0.4, -0.2) is 42.5 Å². The zero-order chi connectivity index (χ0) is 14.4. The first-order valence-corrected chi connectivity index (χ1v) is 9.41. The third-order valence-corrected chi connectivity index (χ3v) is 5.54. The van der Waals surface area contributed by atoms with Gasteiger partial charge < -0.3 is 5.32 Å². The van der Waals surface area contributed by atoms with Crippen LogP contribution >= 0.6 is 11.8 Å². The molecule has 1 aromatic rings. The second-order valence-corrected chi connectivity index (χ2v) is 7.62. The van der Waals surface area contributed by atoms with Crippen LogP contribution in [0.15, 0.2) is 17.3 Å². The van der Waals surface area contributed by atoms with E-state index < -0.39 is 10.0 Å². The fraction of sp³-hybridized carbons (Fsp3) is 0.667. The highest BCUT2D eigenvalue weighted by Gasteiger charge is 2.22. The van der Waals surface area contributed by atoms with Crippen molar-refractivity contribution in [3.8, 4) is 0 Å². The smallest absolute Gasteiger partial charge is 0.243 e. The molecule has 2 rings (SSSR count). The van der Waals surface area contributed by atoms with Crippen LogP contribution in [0.1, 0.15) is 26.2 Å². The first kappa shape index (κ1) is 15.5. The van der Waals surface area contributed by atoms with Crippen LogP contribution in [0.2, 0.25) is 0 Å². The highest BCUT2D eigenvalue weighted by molar-refractivity contribution is 7.99. The molecule has 20 heavy (non-hydrogen) atoms. The molecule has 0 saturated carbocycles. The van der Waals surface area contributed by atoms with E-state index in [1.807, 2.05) is 18.7 Å². The lowest BCUT2D eigenvalue weighted by Gasteiger charge is -2.22. The summed E-state index contributed by atoms with van der Waals surface area (Å²) < 4.78 is 27.1. The highest BCUT2D eigenvalue weighted by Crippen LogP contribution is 2.19. The molecule has 1 aromatic heterocycles. The van der Waals surface area contributed by atoms with Crippen molar-refractivity contribution in [3.63, 3.8) is 0 Å². The summed E-state index contributed by atoms with van der Waals surface area (Å²) >= 11 is 1.86. The van der Waals surface area contributed by atoms with Gasteiger partial charge in [-0.3, -0.25) is 0 Å². The minimum absolute atomic E-state index is 0.0270. The first-order valence-electron chi connectivity index (χ1n) is 6.78. The van der Waals surface area contributed by atoms with Crippen LogP contribution in [0.5, 0.6) is 0 Å². The Morgan fingerprint density at radius 2 is 1.95 bits per heavy atom. The number of hydrogen-bond donors (Lipinski definition) is 2. The van der Waals surface area contributed by atoms with E-state index in [4.69, 9.17) is 0 Å². The standard InChI is InChI=1S/C12H20N4O2S2/c1-2-5-13-12-14-8-11(9-15-12)20(17,18)16-10-3-6-19-7-4-10/h8-10,16H,2-7H2,1H3,(H,13,14,15). The lowest BCUT2D eigenvalue weighted by atomic mass is 10.2. The third-order valence-electron chi connectivity index (χ3n) is 3.01. The van der Waals surface area contributed by atoms with Gasteiger partial charge in [0.15, 0.2) is 0 Å². The zero-order valence-electron chi connectivity index (χ0n) is 11.5. The number of nitrogens with zero attached hydrogens (tertiary/aromatic N) is 2. The Morgan fingerprint density at radius 3 is 2.55 bits per heavy atom. The van der Waals surface area contributed by atoms with Crippen molar-refractivity contribution in [3.05, 3.63) is 12.4 Å². The van der Waals surface area contributed by atoms with Gasteiger partial charge in [-0.05, 0) is 30.8 Å². The van der Waals surface area contributed by atoms with Gasteiger partial charge in [0.1, 0.15) is 4.90 Å². The summed E-state index contributed by atoms with van der Waals surface area (Å²) in [6, 6.07) is 0.0270. The third kappa shape index (κ3) is 4.32. The molecular formula is C12H20N4O2S2. The Morgan fingerprint density at radius 1 is 1.30 bits per heavy atom. The largest absolute Gasteiger partial charge is 0.354 e. The molecule has 1 aliphatic heterocycles. The minimum atomic E-state index is -3.51. The first-order chi connectivity index (χ1) is 9.62. The van der Waals surface area contributed by atoms with Crippen molar-refractivity contribution in [1.82, 2.24) is 14.7 Å². The van der Waals surface area contributed by atoms with E-state index in [0.29, 0.717) is 5.95 Å². The summed E-state index contributed by atoms with van der Waals surface area (Å²) in [5.74, 6) is 2.47. The van der Waals surface area contributed by atoms with Crippen molar-refractivity contribution in [2.45, 2.75) is 37.1 Å². The van der Waals surface area contributed by atoms with Crippen molar-refractivity contribution < 1.29 is 8.42 Å². The number of sulfonamides is 1. The molecule has 0 unspecified atom stereocenters. The quantitative estimate of drug-likeness (QED) is 0.827. The number of rotatable bonds is 6. The molecule has 0 spiro atoms. The van der Waals surface area contributed by atoms with Gasteiger partial charge in [-0.25, -0.2) is 23.1 Å². The molecular weight excluding hydrogens is 296 g/mol. The molecule has 112 valence electrons. The molecule has 1 fully saturated rings. The Balaban J connectivity index is 2.01. The number of nitrogens with one attached hydrogen (secondary N) is 2. The van der Waals surface area contributed by atoms with E-state index in [2.05, 4.69) is 20.0 Å². The molecule has 1 saturated heterocycles. The summed E-state index contributed by atoms with van der Waals surface area (Å²) in [4.78, 5) is 8.18. The van der Waals surface area contributed by atoms with Gasteiger partial charge in [-0.2, -0.15) is 11.8 Å². The van der Waals surface area contributed by atoms with E-state index >= 15 is 0 Å². The van der Waals surface area contributed by atoms with Crippen molar-refractivity contribution in [2.24, 2.45) is 0 Å². The summed E-state index contributed by atoms with van der Waals surface area (Å²) in [5, 5.41) is 3.01. The molecule has 0 atom stereocenters. The van der Waals surface area contributed by atoms with Crippen LogP contribution in [0.4, 0.5) is 5.95 Å². The topological polar surface area (TPSA) is 84.0 Å². The maximum Gasteiger partial charge on any atom is 0.243 e. The number of aromatic nitrogens is 2. The van der Waals surface area contributed by atoms with Crippen molar-refractivity contribution >= 4 is 27.7 Å². The van der Waals surface area contributed by atoms with Gasteiger partial charge in [-0.1, -0.05) is 6.92 Å². The molecule has 1 aliphatic rings. The minimum Gasteiger partial charge on any atom is -0.354 e. The fourth-order valence-corrected chi connectivity index (χ4v) is 4.19. The van der Waals surface area contributed by atoms with Crippen LogP contribution in [-0.2, 0) is 10.0 Å². The molecule has 0 aromatic carbocycles. The number of hydrogen-bond acceptors (Lipinski definition) is 6. The summed E-state index contributed by atoms with van der Waals surface area (Å²) in [6.45, 7) is 2.81. The van der Waals surface area contributed by atoms with Crippen LogP contribution < -0.4 is 10.0 Å². The summed E-state index contributed by atoms with van der Waals surface area (Å²) in [6.07, 6.45) is 5.42. The molecule has 6 nitrogen and oxygen atoms in total. The Kier molecular flexibility index (Phi) is 5.62. The Hall–Kier alpha value is -0.860. The lowest BCUT2D eigenvalue weighted by Crippen LogP contribution is -2.37. The SMILES string of the molecule is CCCNc1ncc(S(=O)(=O)NC2CCSCC2)cn1. The maximum atomic E-state index is 12.2. The molecule has 2 N–H and O–H groups in total. The number of anilines is 1. The molecule has 8 heteroatoms. The fourth-order valence-electron chi connectivity index (χ4n) is 1.89. The molecule has 0 radical (unpaired) electrons. The average Bonchev–Trinajstić information content (AvgIpc) is 2.46. The predicted octanol–water partition coefficient (Wildman–Crippen LogP) is 1.47. The zero-order valence-corrected chi connectivity index (χ0v) is 13.1. The Labute approximate surface area is 124 Å². The van der Waals surface area contributed by atoms with E-state index in [9.17, 15) is 8.42 Å². The maximum absolute atomic E-state index is 12.2. The van der Waals surface area contributed by atoms with Gasteiger partial charge in [0.05, 0.1) is 12.4 Å². The second-order valence-electron chi connectivity index (χ2n) is 4.68. The van der Waals surface area contributed by atoms with Crippen LogP contribution in [0.25, 0.3) is 0 Å². The Bertz CT molecular complexity index is 513. The van der Waals surface area contributed by atoms with E-state index in [-0.39, 0.29) is 10.9 Å². The normalized spacial score (nSPS) is 17.1.